The van der Waals surface area contributed by atoms with Gasteiger partial charge in [-0.1, -0.05) is 138 Å². The van der Waals surface area contributed by atoms with E-state index in [4.69, 9.17) is 9.72 Å². The molecule has 0 aliphatic carbocycles. The van der Waals surface area contributed by atoms with Crippen LogP contribution in [0.1, 0.15) is 111 Å². The summed E-state index contributed by atoms with van der Waals surface area (Å²) in [5.74, 6) is 2.49. The van der Waals surface area contributed by atoms with Crippen molar-refractivity contribution in [3.8, 4) is 17.3 Å². The summed E-state index contributed by atoms with van der Waals surface area (Å²) in [6.07, 6.45) is 4.24. The minimum absolute atomic E-state index is 0.00365. The summed E-state index contributed by atoms with van der Waals surface area (Å²) in [6.45, 7) is 28.1. The Balaban J connectivity index is 1.22. The van der Waals surface area contributed by atoms with Crippen LogP contribution in [-0.4, -0.2) is 16.2 Å². The van der Waals surface area contributed by atoms with Crippen molar-refractivity contribution in [2.24, 2.45) is 0 Å². The van der Waals surface area contributed by atoms with Gasteiger partial charge in [-0.25, -0.2) is 4.98 Å². The lowest BCUT2D eigenvalue weighted by Crippen LogP contribution is -2.28. The van der Waals surface area contributed by atoms with E-state index in [0.717, 1.165) is 34.0 Å². The summed E-state index contributed by atoms with van der Waals surface area (Å²) in [4.78, 5) is 9.75. The average Bonchev–Trinajstić information content (AvgIpc) is 3.77. The van der Waals surface area contributed by atoms with Gasteiger partial charge >= 0.3 is 0 Å². The van der Waals surface area contributed by atoms with Gasteiger partial charge in [-0.2, -0.15) is 0 Å². The zero-order chi connectivity index (χ0) is 42.1. The van der Waals surface area contributed by atoms with Gasteiger partial charge < -0.3 is 14.5 Å². The molecule has 3 heterocycles. The molecule has 0 atom stereocenters. The highest BCUT2D eigenvalue weighted by molar-refractivity contribution is 6.09. The molecule has 0 amide bonds. The van der Waals surface area contributed by atoms with Crippen LogP contribution in [0, 0.1) is 0 Å². The number of nitrogens with zero attached hydrogens (tertiary/aromatic N) is 4. The fourth-order valence-electron chi connectivity index (χ4n) is 7.98. The molecule has 0 saturated heterocycles. The SMILES string of the molecule is CC(C)(C)c1cc(Oc2ccc3c4ccccc4n(-c4cc(C(C)(C)C)ccn4)c3c2)cc(N2C=C(c3ccccc3)N(c3cc(C(C)(C)C)cc(C(C)(C)C)c3)C2)c1. The van der Waals surface area contributed by atoms with Crippen molar-refractivity contribution in [1.82, 2.24) is 9.55 Å². The molecule has 0 saturated carbocycles. The first-order valence-corrected chi connectivity index (χ1v) is 21.1. The third-order valence-electron chi connectivity index (χ3n) is 11.7. The van der Waals surface area contributed by atoms with Crippen molar-refractivity contribution in [1.29, 1.82) is 0 Å². The van der Waals surface area contributed by atoms with Crippen LogP contribution in [0.5, 0.6) is 11.5 Å². The summed E-state index contributed by atoms with van der Waals surface area (Å²) in [5, 5.41) is 2.36. The highest BCUT2D eigenvalue weighted by Gasteiger charge is 2.29. The van der Waals surface area contributed by atoms with E-state index < -0.39 is 0 Å². The van der Waals surface area contributed by atoms with Crippen molar-refractivity contribution in [3.05, 3.63) is 162 Å². The van der Waals surface area contributed by atoms with Gasteiger partial charge in [0.05, 0.1) is 23.4 Å². The van der Waals surface area contributed by atoms with Gasteiger partial charge in [0, 0.05) is 46.7 Å². The Morgan fingerprint density at radius 1 is 0.492 bits per heavy atom. The Bertz CT molecular complexity index is 2680. The van der Waals surface area contributed by atoms with Crippen LogP contribution in [0.25, 0.3) is 33.3 Å². The van der Waals surface area contributed by atoms with E-state index >= 15 is 0 Å². The van der Waals surface area contributed by atoms with Crippen LogP contribution < -0.4 is 14.5 Å². The lowest BCUT2D eigenvalue weighted by atomic mass is 9.80. The van der Waals surface area contributed by atoms with E-state index in [1.807, 2.05) is 6.20 Å². The van der Waals surface area contributed by atoms with E-state index in [1.165, 1.54) is 50.0 Å². The topological polar surface area (TPSA) is 33.5 Å². The second-order valence-electron chi connectivity index (χ2n) is 20.4. The summed E-state index contributed by atoms with van der Waals surface area (Å²) in [6, 6.07) is 44.1. The van der Waals surface area contributed by atoms with Crippen molar-refractivity contribution in [2.45, 2.75) is 105 Å². The highest BCUT2D eigenvalue weighted by atomic mass is 16.5. The average molecular weight is 781 g/mol. The monoisotopic (exact) mass is 780 g/mol. The second kappa shape index (κ2) is 14.5. The number of pyridine rings is 1. The van der Waals surface area contributed by atoms with Gasteiger partial charge in [0.1, 0.15) is 17.3 Å². The molecule has 302 valence electrons. The molecule has 2 aromatic heterocycles. The molecule has 5 aromatic carbocycles. The number of para-hydroxylation sites is 1. The third-order valence-corrected chi connectivity index (χ3v) is 11.7. The summed E-state index contributed by atoms with van der Waals surface area (Å²) in [7, 11) is 0. The molecule has 0 radical (unpaired) electrons. The van der Waals surface area contributed by atoms with Crippen molar-refractivity contribution >= 4 is 38.9 Å². The van der Waals surface area contributed by atoms with E-state index in [-0.39, 0.29) is 21.7 Å². The van der Waals surface area contributed by atoms with Gasteiger partial charge in [-0.15, -0.1) is 0 Å². The Morgan fingerprint density at radius 3 is 1.75 bits per heavy atom. The van der Waals surface area contributed by atoms with Gasteiger partial charge in [-0.3, -0.25) is 4.57 Å². The normalized spacial score (nSPS) is 14.1. The molecule has 0 spiro atoms. The van der Waals surface area contributed by atoms with Crippen molar-refractivity contribution < 1.29 is 4.74 Å². The molecule has 1 aliphatic heterocycles. The minimum atomic E-state index is -0.109. The van der Waals surface area contributed by atoms with Crippen LogP contribution in [0.15, 0.2) is 134 Å². The molecule has 1 aliphatic rings. The molecule has 5 heteroatoms. The Morgan fingerprint density at radius 2 is 1.08 bits per heavy atom. The molecule has 7 aromatic rings. The minimum Gasteiger partial charge on any atom is -0.457 e. The van der Waals surface area contributed by atoms with Crippen molar-refractivity contribution in [3.63, 3.8) is 0 Å². The quantitative estimate of drug-likeness (QED) is 0.168. The zero-order valence-corrected chi connectivity index (χ0v) is 37.1. The Kier molecular flexibility index (Phi) is 9.81. The van der Waals surface area contributed by atoms with E-state index in [2.05, 4.69) is 225 Å². The van der Waals surface area contributed by atoms with Gasteiger partial charge in [0.25, 0.3) is 0 Å². The highest BCUT2D eigenvalue weighted by Crippen LogP contribution is 2.42. The number of hydrogen-bond donors (Lipinski definition) is 0. The number of aromatic nitrogens is 2. The van der Waals surface area contributed by atoms with Crippen LogP contribution in [0.3, 0.4) is 0 Å². The maximum absolute atomic E-state index is 6.92. The molecule has 59 heavy (non-hydrogen) atoms. The summed E-state index contributed by atoms with van der Waals surface area (Å²) in [5.41, 5.74) is 11.9. The number of benzene rings is 5. The van der Waals surface area contributed by atoms with Crippen molar-refractivity contribution in [2.75, 3.05) is 16.5 Å². The molecule has 0 bridgehead atoms. The molecule has 0 N–H and O–H groups in total. The first-order chi connectivity index (χ1) is 27.7. The van der Waals surface area contributed by atoms with Gasteiger partial charge in [0.15, 0.2) is 0 Å². The zero-order valence-electron chi connectivity index (χ0n) is 37.1. The van der Waals surface area contributed by atoms with E-state index in [0.29, 0.717) is 6.67 Å². The van der Waals surface area contributed by atoms with E-state index in [1.54, 1.807) is 0 Å². The van der Waals surface area contributed by atoms with E-state index in [9.17, 15) is 0 Å². The fraction of sp³-hybridized carbons (Fsp3) is 0.315. The molecule has 0 fully saturated rings. The molecule has 5 nitrogen and oxygen atoms in total. The number of ether oxygens (including phenoxy) is 1. The smallest absolute Gasteiger partial charge is 0.137 e. The lowest BCUT2D eigenvalue weighted by Gasteiger charge is -2.31. The largest absolute Gasteiger partial charge is 0.457 e. The van der Waals surface area contributed by atoms with Crippen LogP contribution >= 0.6 is 0 Å². The number of hydrogen-bond acceptors (Lipinski definition) is 4. The number of rotatable bonds is 6. The molecular formula is C54H60N4O. The van der Waals surface area contributed by atoms with Crippen LogP contribution in [-0.2, 0) is 21.7 Å². The number of fused-ring (bicyclic) bond motifs is 3. The van der Waals surface area contributed by atoms with Gasteiger partial charge in [-0.05, 0) is 104 Å². The lowest BCUT2D eigenvalue weighted by molar-refractivity contribution is 0.479. The van der Waals surface area contributed by atoms with Gasteiger partial charge in [0.2, 0.25) is 0 Å². The fourth-order valence-corrected chi connectivity index (χ4v) is 7.98. The Hall–Kier alpha value is -5.81. The predicted molar refractivity (Wildman–Crippen MR) is 251 cm³/mol. The Labute approximate surface area is 352 Å². The maximum Gasteiger partial charge on any atom is 0.137 e. The summed E-state index contributed by atoms with van der Waals surface area (Å²) < 4.78 is 9.20. The van der Waals surface area contributed by atoms with Crippen LogP contribution in [0.2, 0.25) is 0 Å². The molecular weight excluding hydrogens is 721 g/mol. The molecule has 8 rings (SSSR count). The first-order valence-electron chi connectivity index (χ1n) is 21.1. The standard InChI is InChI=1S/C54H60N4O/c1-51(2,3)37-24-25-55-50(31-37)58-47-21-17-16-20-45(47)46-23-22-43(33-48(46)58)59-44-30-40(54(10,11)12)27-41(32-44)56-34-49(36-18-14-13-15-19-36)57(35-56)42-28-38(52(4,5)6)26-39(29-42)53(7,8)9/h13-34H,35H2,1-12H3. The third kappa shape index (κ3) is 8.00. The summed E-state index contributed by atoms with van der Waals surface area (Å²) >= 11 is 0. The first kappa shape index (κ1) is 40.0. The number of anilines is 2. The second-order valence-corrected chi connectivity index (χ2v) is 20.4. The maximum atomic E-state index is 6.92. The predicted octanol–water partition coefficient (Wildman–Crippen LogP) is 14.4. The van der Waals surface area contributed by atoms with Crippen LogP contribution in [0.4, 0.5) is 11.4 Å². The molecule has 0 unspecified atom stereocenters.